The molecule has 0 radical (unpaired) electrons. The topological polar surface area (TPSA) is 99.9 Å². The van der Waals surface area contributed by atoms with Gasteiger partial charge in [-0.25, -0.2) is 4.79 Å². The Morgan fingerprint density at radius 2 is 1.93 bits per heavy atom. The number of morpholine rings is 1. The maximum absolute atomic E-state index is 12.4. The first-order valence-electron chi connectivity index (χ1n) is 10.0. The summed E-state index contributed by atoms with van der Waals surface area (Å²) in [7, 11) is 0. The van der Waals surface area contributed by atoms with Crippen molar-refractivity contribution in [1.29, 1.82) is 0 Å². The molecule has 2 aromatic rings. The molecule has 0 unspecified atom stereocenters. The standard InChI is InChI=1S/C21H28N4O4/c1-2-17(22-9-6-10-24-11-13-29-14-12-24)18-19(26)23-21(28)25(20(18)27)15-16-7-4-3-5-8-16/h3-5,7-8,27H,2,6,9-15H2,1H3,(H,23,26,28). The molecule has 0 spiro atoms. The van der Waals surface area contributed by atoms with E-state index in [2.05, 4.69) is 14.9 Å². The highest BCUT2D eigenvalue weighted by Crippen LogP contribution is 2.15. The van der Waals surface area contributed by atoms with Gasteiger partial charge in [-0.05, 0) is 18.4 Å². The second-order valence-corrected chi connectivity index (χ2v) is 7.02. The molecule has 3 rings (SSSR count). The number of nitrogens with one attached hydrogen (secondary N) is 1. The Bertz CT molecular complexity index is 943. The van der Waals surface area contributed by atoms with Crippen LogP contribution < -0.4 is 11.2 Å². The van der Waals surface area contributed by atoms with E-state index in [-0.39, 0.29) is 18.0 Å². The molecule has 0 saturated carbocycles. The number of aromatic amines is 1. The van der Waals surface area contributed by atoms with E-state index in [0.29, 0.717) is 18.7 Å². The van der Waals surface area contributed by atoms with E-state index in [9.17, 15) is 14.7 Å². The van der Waals surface area contributed by atoms with E-state index in [1.165, 1.54) is 4.57 Å². The Morgan fingerprint density at radius 3 is 2.62 bits per heavy atom. The van der Waals surface area contributed by atoms with Gasteiger partial charge in [0.25, 0.3) is 5.56 Å². The Hall–Kier alpha value is -2.71. The van der Waals surface area contributed by atoms with Gasteiger partial charge in [0, 0.05) is 26.2 Å². The van der Waals surface area contributed by atoms with Gasteiger partial charge >= 0.3 is 5.69 Å². The maximum Gasteiger partial charge on any atom is 0.331 e. The van der Waals surface area contributed by atoms with Crippen LogP contribution in [0.2, 0.25) is 0 Å². The summed E-state index contributed by atoms with van der Waals surface area (Å²) in [6.45, 7) is 6.89. The van der Waals surface area contributed by atoms with Crippen molar-refractivity contribution >= 4 is 5.71 Å². The lowest BCUT2D eigenvalue weighted by atomic mass is 10.1. The minimum absolute atomic E-state index is 0.0782. The average molecular weight is 400 g/mol. The van der Waals surface area contributed by atoms with Crippen molar-refractivity contribution < 1.29 is 9.84 Å². The largest absolute Gasteiger partial charge is 0.494 e. The number of aliphatic imine (C=N–C) groups is 1. The summed E-state index contributed by atoms with van der Waals surface area (Å²) in [5.74, 6) is -0.337. The zero-order chi connectivity index (χ0) is 20.6. The summed E-state index contributed by atoms with van der Waals surface area (Å²) in [4.78, 5) is 33.9. The highest BCUT2D eigenvalue weighted by Gasteiger charge is 2.18. The van der Waals surface area contributed by atoms with Crippen molar-refractivity contribution in [1.82, 2.24) is 14.5 Å². The van der Waals surface area contributed by atoms with Gasteiger partial charge in [0.2, 0.25) is 5.88 Å². The fourth-order valence-corrected chi connectivity index (χ4v) is 3.43. The summed E-state index contributed by atoms with van der Waals surface area (Å²) >= 11 is 0. The SMILES string of the molecule is CCC(=NCCCN1CCOCC1)c1c(O)n(Cc2ccccc2)c(=O)[nH]c1=O. The molecule has 29 heavy (non-hydrogen) atoms. The van der Waals surface area contributed by atoms with Gasteiger partial charge in [0.05, 0.1) is 25.5 Å². The fraction of sp³-hybridized carbons (Fsp3) is 0.476. The Labute approximate surface area is 169 Å². The lowest BCUT2D eigenvalue weighted by molar-refractivity contribution is 0.0377. The second-order valence-electron chi connectivity index (χ2n) is 7.02. The number of H-pyrrole nitrogens is 1. The van der Waals surface area contributed by atoms with E-state index in [1.54, 1.807) is 0 Å². The molecule has 2 heterocycles. The Morgan fingerprint density at radius 1 is 1.21 bits per heavy atom. The first-order chi connectivity index (χ1) is 14.1. The van der Waals surface area contributed by atoms with Crippen LogP contribution in [0.4, 0.5) is 0 Å². The summed E-state index contributed by atoms with van der Waals surface area (Å²) < 4.78 is 6.52. The first-order valence-corrected chi connectivity index (χ1v) is 10.0. The molecule has 0 atom stereocenters. The van der Waals surface area contributed by atoms with Crippen LogP contribution >= 0.6 is 0 Å². The normalized spacial score (nSPS) is 15.6. The van der Waals surface area contributed by atoms with Gasteiger partial charge in [-0.3, -0.25) is 24.2 Å². The molecule has 0 amide bonds. The molecule has 1 aliphatic heterocycles. The molecule has 1 fully saturated rings. The highest BCUT2D eigenvalue weighted by atomic mass is 16.5. The highest BCUT2D eigenvalue weighted by molar-refractivity contribution is 6.01. The van der Waals surface area contributed by atoms with Crippen molar-refractivity contribution in [3.63, 3.8) is 0 Å². The van der Waals surface area contributed by atoms with Crippen molar-refractivity contribution in [2.75, 3.05) is 39.4 Å². The van der Waals surface area contributed by atoms with Crippen molar-refractivity contribution in [3.05, 3.63) is 62.3 Å². The Kier molecular flexibility index (Phi) is 7.37. The predicted molar refractivity (Wildman–Crippen MR) is 112 cm³/mol. The number of nitrogens with zero attached hydrogens (tertiary/aromatic N) is 3. The quantitative estimate of drug-likeness (QED) is 0.513. The van der Waals surface area contributed by atoms with E-state index >= 15 is 0 Å². The third-order valence-electron chi connectivity index (χ3n) is 5.02. The molecule has 156 valence electrons. The van der Waals surface area contributed by atoms with Crippen molar-refractivity contribution in [2.45, 2.75) is 26.3 Å². The van der Waals surface area contributed by atoms with Gasteiger partial charge < -0.3 is 9.84 Å². The molecule has 0 aliphatic carbocycles. The molecule has 8 nitrogen and oxygen atoms in total. The van der Waals surface area contributed by atoms with Gasteiger partial charge in [0.15, 0.2) is 0 Å². The van der Waals surface area contributed by atoms with Crippen LogP contribution in [-0.2, 0) is 11.3 Å². The van der Waals surface area contributed by atoms with Gasteiger partial charge in [0.1, 0.15) is 5.56 Å². The predicted octanol–water partition coefficient (Wildman–Crippen LogP) is 1.21. The summed E-state index contributed by atoms with van der Waals surface area (Å²) in [5, 5.41) is 10.7. The number of aromatic nitrogens is 2. The molecule has 8 heteroatoms. The number of aromatic hydroxyl groups is 1. The molecule has 1 aliphatic rings. The van der Waals surface area contributed by atoms with Gasteiger partial charge in [-0.15, -0.1) is 0 Å². The van der Waals surface area contributed by atoms with E-state index in [4.69, 9.17) is 4.74 Å². The van der Waals surface area contributed by atoms with Crippen LogP contribution in [0.1, 0.15) is 30.9 Å². The zero-order valence-corrected chi connectivity index (χ0v) is 16.8. The fourth-order valence-electron chi connectivity index (χ4n) is 3.43. The number of rotatable bonds is 8. The molecule has 2 N–H and O–H groups in total. The van der Waals surface area contributed by atoms with Crippen LogP contribution in [-0.4, -0.2) is 64.7 Å². The van der Waals surface area contributed by atoms with Crippen LogP contribution in [0.3, 0.4) is 0 Å². The first kappa shape index (κ1) is 21.0. The second kappa shape index (κ2) is 10.2. The minimum atomic E-state index is -0.636. The monoisotopic (exact) mass is 400 g/mol. The van der Waals surface area contributed by atoms with Crippen LogP contribution in [0, 0.1) is 0 Å². The lowest BCUT2D eigenvalue weighted by Crippen LogP contribution is -2.37. The molecular weight excluding hydrogens is 372 g/mol. The maximum atomic E-state index is 12.4. The van der Waals surface area contributed by atoms with Gasteiger partial charge in [-0.1, -0.05) is 37.3 Å². The van der Waals surface area contributed by atoms with Crippen LogP contribution in [0.25, 0.3) is 0 Å². The minimum Gasteiger partial charge on any atom is -0.494 e. The van der Waals surface area contributed by atoms with Gasteiger partial charge in [-0.2, -0.15) is 0 Å². The summed E-state index contributed by atoms with van der Waals surface area (Å²) in [6.07, 6.45) is 1.34. The summed E-state index contributed by atoms with van der Waals surface area (Å²) in [5.41, 5.74) is 0.193. The third-order valence-corrected chi connectivity index (χ3v) is 5.02. The number of ether oxygens (including phenoxy) is 1. The number of benzene rings is 1. The van der Waals surface area contributed by atoms with Crippen LogP contribution in [0.15, 0.2) is 44.9 Å². The molecule has 1 saturated heterocycles. The molecule has 0 bridgehead atoms. The third kappa shape index (κ3) is 5.42. The number of hydrogen-bond acceptors (Lipinski definition) is 6. The molecule has 1 aromatic carbocycles. The molecular formula is C21H28N4O4. The number of hydrogen-bond donors (Lipinski definition) is 2. The zero-order valence-electron chi connectivity index (χ0n) is 16.8. The van der Waals surface area contributed by atoms with Crippen molar-refractivity contribution in [3.8, 4) is 5.88 Å². The smallest absolute Gasteiger partial charge is 0.331 e. The van der Waals surface area contributed by atoms with E-state index in [1.807, 2.05) is 37.3 Å². The van der Waals surface area contributed by atoms with Crippen LogP contribution in [0.5, 0.6) is 5.88 Å². The summed E-state index contributed by atoms with van der Waals surface area (Å²) in [6, 6.07) is 9.31. The average Bonchev–Trinajstić information content (AvgIpc) is 2.74. The van der Waals surface area contributed by atoms with E-state index in [0.717, 1.165) is 44.8 Å². The van der Waals surface area contributed by atoms with E-state index < -0.39 is 11.2 Å². The lowest BCUT2D eigenvalue weighted by Gasteiger charge is -2.26. The Balaban J connectivity index is 1.78. The molecule has 1 aromatic heterocycles. The van der Waals surface area contributed by atoms with Crippen molar-refractivity contribution in [2.24, 2.45) is 4.99 Å².